The topological polar surface area (TPSA) is 9.23 Å². The number of rotatable bonds is 2. The standard InChI is InChI=1S/C3H2F6O/c4-1-2(5,10-9)3(6,7)8/h1H2/i1D2. The predicted molar refractivity (Wildman–Crippen MR) is 18.1 cm³/mol. The molecule has 0 rings (SSSR count). The molecule has 62 valence electrons. The van der Waals surface area contributed by atoms with Crippen molar-refractivity contribution >= 4 is 0 Å². The molecule has 0 saturated heterocycles. The normalized spacial score (nSPS) is 23.0. The third-order valence-electron chi connectivity index (χ3n) is 0.592. The molecule has 1 unspecified atom stereocenters. The van der Waals surface area contributed by atoms with E-state index in [1.165, 1.54) is 0 Å². The SMILES string of the molecule is [2H]C([2H])(F)C(F)(OF)C(F)(F)F. The van der Waals surface area contributed by atoms with Crippen LogP contribution in [0.4, 0.5) is 26.5 Å². The zero-order valence-electron chi connectivity index (χ0n) is 6.18. The highest BCUT2D eigenvalue weighted by atomic mass is 19.4. The monoisotopic (exact) mass is 170 g/mol. The van der Waals surface area contributed by atoms with Crippen molar-refractivity contribution in [2.45, 2.75) is 12.0 Å². The Kier molecular flexibility index (Phi) is 1.66. The van der Waals surface area contributed by atoms with Gasteiger partial charge in [0.2, 0.25) is 0 Å². The molecule has 0 aromatic heterocycles. The summed E-state index contributed by atoms with van der Waals surface area (Å²) in [6.07, 6.45) is -6.12. The molecule has 0 amide bonds. The molecule has 1 nitrogen and oxygen atoms in total. The summed E-state index contributed by atoms with van der Waals surface area (Å²) in [7, 11) is 0. The van der Waals surface area contributed by atoms with Gasteiger partial charge < -0.3 is 0 Å². The van der Waals surface area contributed by atoms with Gasteiger partial charge in [-0.25, -0.2) is 4.39 Å². The molecule has 0 aromatic carbocycles. The molecule has 0 saturated carbocycles. The minimum Gasteiger partial charge on any atom is -0.244 e. The minimum atomic E-state index is -6.12. The highest BCUT2D eigenvalue weighted by Gasteiger charge is 2.59. The second kappa shape index (κ2) is 2.65. The van der Waals surface area contributed by atoms with Gasteiger partial charge in [-0.1, -0.05) is 0 Å². The summed E-state index contributed by atoms with van der Waals surface area (Å²) >= 11 is 0. The quantitative estimate of drug-likeness (QED) is 0.576. The molecule has 10 heavy (non-hydrogen) atoms. The van der Waals surface area contributed by atoms with Crippen LogP contribution < -0.4 is 0 Å². The molecule has 0 aliphatic heterocycles. The van der Waals surface area contributed by atoms with Gasteiger partial charge in [0.1, 0.15) is 0 Å². The van der Waals surface area contributed by atoms with Crippen molar-refractivity contribution in [1.29, 1.82) is 0 Å². The molecule has 0 radical (unpaired) electrons. The minimum absolute atomic E-state index is 1.62. The first-order chi connectivity index (χ1) is 5.06. The summed E-state index contributed by atoms with van der Waals surface area (Å²) in [6, 6.07) is 0. The number of halogens is 6. The molecule has 0 N–H and O–H groups in total. The van der Waals surface area contributed by atoms with Gasteiger partial charge in [-0.15, -0.1) is 4.94 Å². The molecule has 0 aliphatic rings. The molecular formula is C3H2F6O. The zero-order chi connectivity index (χ0) is 10.2. The van der Waals surface area contributed by atoms with E-state index >= 15 is 0 Å². The Labute approximate surface area is 54.3 Å². The molecule has 0 bridgehead atoms. The summed E-state index contributed by atoms with van der Waals surface area (Å²) in [5, 5.41) is 0. The van der Waals surface area contributed by atoms with Crippen molar-refractivity contribution in [3.8, 4) is 0 Å². The Bertz CT molecular complexity index is 147. The Morgan fingerprint density at radius 1 is 1.30 bits per heavy atom. The highest BCUT2D eigenvalue weighted by molar-refractivity contribution is 4.74. The first kappa shape index (κ1) is 6.26. The van der Waals surface area contributed by atoms with Gasteiger partial charge in [-0.05, 0) is 4.53 Å². The lowest BCUT2D eigenvalue weighted by Gasteiger charge is -2.18. The molecule has 0 spiro atoms. The van der Waals surface area contributed by atoms with Crippen LogP contribution in [0.25, 0.3) is 0 Å². The van der Waals surface area contributed by atoms with Crippen molar-refractivity contribution in [2.24, 2.45) is 0 Å². The first-order valence-corrected chi connectivity index (χ1v) is 1.80. The van der Waals surface area contributed by atoms with Gasteiger partial charge in [0.05, 0.1) is 2.74 Å². The van der Waals surface area contributed by atoms with E-state index in [2.05, 4.69) is 0 Å². The fourth-order valence-corrected chi connectivity index (χ4v) is 0.112. The average molecular weight is 170 g/mol. The van der Waals surface area contributed by atoms with E-state index in [1.807, 2.05) is 0 Å². The lowest BCUT2D eigenvalue weighted by molar-refractivity contribution is -0.404. The molecule has 7 heteroatoms. The van der Waals surface area contributed by atoms with Crippen LogP contribution in [0.2, 0.25) is 0 Å². The van der Waals surface area contributed by atoms with E-state index in [1.54, 1.807) is 4.94 Å². The van der Waals surface area contributed by atoms with Gasteiger partial charge >= 0.3 is 12.0 Å². The fraction of sp³-hybridized carbons (Fsp3) is 1.00. The predicted octanol–water partition coefficient (Wildman–Crippen LogP) is 2.09. The van der Waals surface area contributed by atoms with Crippen LogP contribution >= 0.6 is 0 Å². The molecule has 1 atom stereocenters. The first-order valence-electron chi connectivity index (χ1n) is 2.80. The van der Waals surface area contributed by atoms with Crippen molar-refractivity contribution in [3.63, 3.8) is 0 Å². The van der Waals surface area contributed by atoms with E-state index in [9.17, 15) is 26.5 Å². The van der Waals surface area contributed by atoms with E-state index in [4.69, 9.17) is 2.74 Å². The van der Waals surface area contributed by atoms with Crippen LogP contribution in [0, 0.1) is 0 Å². The Balaban J connectivity index is 4.95. The lowest BCUT2D eigenvalue weighted by Crippen LogP contribution is -2.43. The van der Waals surface area contributed by atoms with Crippen molar-refractivity contribution in [3.05, 3.63) is 0 Å². The van der Waals surface area contributed by atoms with Crippen LogP contribution in [0.5, 0.6) is 0 Å². The Morgan fingerprint density at radius 3 is 1.70 bits per heavy atom. The van der Waals surface area contributed by atoms with Crippen molar-refractivity contribution in [2.75, 3.05) is 6.63 Å². The van der Waals surface area contributed by atoms with E-state index in [0.29, 0.717) is 0 Å². The van der Waals surface area contributed by atoms with Gasteiger partial charge in [-0.2, -0.15) is 17.6 Å². The highest BCUT2D eigenvalue weighted by Crippen LogP contribution is 2.35. The smallest absolute Gasteiger partial charge is 0.244 e. The van der Waals surface area contributed by atoms with E-state index < -0.39 is 18.7 Å². The largest absolute Gasteiger partial charge is 0.454 e. The maximum absolute atomic E-state index is 12.1. The third kappa shape index (κ3) is 1.53. The van der Waals surface area contributed by atoms with Crippen LogP contribution in [0.15, 0.2) is 0 Å². The van der Waals surface area contributed by atoms with Crippen LogP contribution in [-0.4, -0.2) is 18.7 Å². The molecule has 0 aromatic rings. The number of hydrogen-bond acceptors (Lipinski definition) is 1. The molecule has 0 aliphatic carbocycles. The van der Waals surface area contributed by atoms with Crippen LogP contribution in [-0.2, 0) is 4.94 Å². The average Bonchev–Trinajstić information content (AvgIpc) is 1.81. The van der Waals surface area contributed by atoms with E-state index in [-0.39, 0.29) is 0 Å². The van der Waals surface area contributed by atoms with Crippen LogP contribution in [0.3, 0.4) is 0 Å². The van der Waals surface area contributed by atoms with Gasteiger partial charge in [0.15, 0.2) is 6.63 Å². The summed E-state index contributed by atoms with van der Waals surface area (Å²) < 4.78 is 80.3. The van der Waals surface area contributed by atoms with Crippen LogP contribution in [0.1, 0.15) is 2.74 Å². The summed E-state index contributed by atoms with van der Waals surface area (Å²) in [5.41, 5.74) is 0. The second-order valence-corrected chi connectivity index (χ2v) is 1.26. The summed E-state index contributed by atoms with van der Waals surface area (Å²) in [6.45, 7) is -5.00. The Morgan fingerprint density at radius 2 is 1.70 bits per heavy atom. The third-order valence-corrected chi connectivity index (χ3v) is 0.592. The van der Waals surface area contributed by atoms with Gasteiger partial charge in [0, 0.05) is 0 Å². The van der Waals surface area contributed by atoms with E-state index in [0.717, 1.165) is 0 Å². The van der Waals surface area contributed by atoms with Crippen molar-refractivity contribution in [1.82, 2.24) is 0 Å². The molecule has 0 fully saturated rings. The van der Waals surface area contributed by atoms with Gasteiger partial charge in [0.25, 0.3) is 0 Å². The second-order valence-electron chi connectivity index (χ2n) is 1.26. The number of alkyl halides is 5. The van der Waals surface area contributed by atoms with Crippen molar-refractivity contribution < 1.29 is 34.2 Å². The summed E-state index contributed by atoms with van der Waals surface area (Å²) in [5.74, 6) is -5.58. The fourth-order valence-electron chi connectivity index (χ4n) is 0.112. The molecule has 0 heterocycles. The zero-order valence-corrected chi connectivity index (χ0v) is 4.18. The Hall–Kier alpha value is -0.460. The molecular weight excluding hydrogens is 166 g/mol. The van der Waals surface area contributed by atoms with Gasteiger partial charge in [-0.3, -0.25) is 0 Å². The maximum Gasteiger partial charge on any atom is 0.454 e. The lowest BCUT2D eigenvalue weighted by atomic mass is 10.3. The number of hydrogen-bond donors (Lipinski definition) is 0. The summed E-state index contributed by atoms with van der Waals surface area (Å²) in [4.78, 5) is 1.62. The maximum atomic E-state index is 12.1.